The average Bonchev–Trinajstić information content (AvgIpc) is 3.14. The summed E-state index contributed by atoms with van der Waals surface area (Å²) in [7, 11) is 0. The predicted octanol–water partition coefficient (Wildman–Crippen LogP) is 6.52. The van der Waals surface area contributed by atoms with Crippen molar-refractivity contribution in [3.8, 4) is 10.6 Å². The molecule has 4 heteroatoms. The van der Waals surface area contributed by atoms with Crippen molar-refractivity contribution in [1.29, 1.82) is 0 Å². The SMILES string of the molecule is Cc1cc2nc(-c3cccs3)cc(C(=O)N[C@@H]3C[C@@H](C)CC(C)(C)C3)c2cc1C. The van der Waals surface area contributed by atoms with Gasteiger partial charge in [0.15, 0.2) is 0 Å². The molecule has 2 aromatic heterocycles. The number of carbonyl (C=O) groups is 1. The molecule has 1 aliphatic carbocycles. The third-order valence-corrected chi connectivity index (χ3v) is 7.06. The smallest absolute Gasteiger partial charge is 0.252 e. The maximum atomic E-state index is 13.4. The van der Waals surface area contributed by atoms with Crippen LogP contribution in [0.3, 0.4) is 0 Å². The van der Waals surface area contributed by atoms with E-state index in [1.165, 1.54) is 17.5 Å². The van der Waals surface area contributed by atoms with Crippen LogP contribution in [0.4, 0.5) is 0 Å². The zero-order chi connectivity index (χ0) is 20.8. The van der Waals surface area contributed by atoms with Crippen molar-refractivity contribution in [3.05, 3.63) is 52.4 Å². The summed E-state index contributed by atoms with van der Waals surface area (Å²) in [6.45, 7) is 11.1. The van der Waals surface area contributed by atoms with Crippen molar-refractivity contribution in [1.82, 2.24) is 10.3 Å². The zero-order valence-corrected chi connectivity index (χ0v) is 18.8. The highest BCUT2D eigenvalue weighted by Gasteiger charge is 2.33. The zero-order valence-electron chi connectivity index (χ0n) is 18.0. The second-order valence-electron chi connectivity index (χ2n) is 9.57. The number of fused-ring (bicyclic) bond motifs is 1. The highest BCUT2D eigenvalue weighted by molar-refractivity contribution is 7.13. The van der Waals surface area contributed by atoms with Crippen LogP contribution in [0, 0.1) is 25.2 Å². The van der Waals surface area contributed by atoms with Gasteiger partial charge in [-0.3, -0.25) is 4.79 Å². The highest BCUT2D eigenvalue weighted by Crippen LogP contribution is 2.38. The summed E-state index contributed by atoms with van der Waals surface area (Å²) in [4.78, 5) is 19.4. The van der Waals surface area contributed by atoms with Gasteiger partial charge >= 0.3 is 0 Å². The molecule has 1 N–H and O–H groups in total. The Morgan fingerprint density at radius 3 is 2.62 bits per heavy atom. The van der Waals surface area contributed by atoms with Gasteiger partial charge in [-0.1, -0.05) is 26.8 Å². The van der Waals surface area contributed by atoms with Gasteiger partial charge in [-0.25, -0.2) is 4.98 Å². The van der Waals surface area contributed by atoms with Crippen LogP contribution in [-0.2, 0) is 0 Å². The van der Waals surface area contributed by atoms with E-state index in [9.17, 15) is 4.79 Å². The van der Waals surface area contributed by atoms with Crippen LogP contribution < -0.4 is 5.32 Å². The third kappa shape index (κ3) is 4.23. The molecule has 1 aromatic carbocycles. The Balaban J connectivity index is 1.75. The largest absolute Gasteiger partial charge is 0.349 e. The standard InChI is InChI=1S/C25H30N2OS/c1-15-9-18(14-25(4,5)13-15)26-24(28)20-12-22(23-7-6-8-29-23)27-21-11-17(3)16(2)10-19(20)21/h6-8,10-12,15,18H,9,13-14H2,1-5H3,(H,26,28)/t15-,18-/m1/s1. The van der Waals surface area contributed by atoms with Gasteiger partial charge in [-0.15, -0.1) is 11.3 Å². The van der Waals surface area contributed by atoms with Crippen molar-refractivity contribution in [2.45, 2.75) is 59.9 Å². The van der Waals surface area contributed by atoms with Crippen LogP contribution in [0.1, 0.15) is 61.5 Å². The van der Waals surface area contributed by atoms with Crippen molar-refractivity contribution in [2.24, 2.45) is 11.3 Å². The van der Waals surface area contributed by atoms with Crippen molar-refractivity contribution >= 4 is 28.1 Å². The summed E-state index contributed by atoms with van der Waals surface area (Å²) in [6, 6.07) is 10.5. The van der Waals surface area contributed by atoms with Gasteiger partial charge < -0.3 is 5.32 Å². The molecule has 0 radical (unpaired) electrons. The van der Waals surface area contributed by atoms with E-state index in [4.69, 9.17) is 4.98 Å². The van der Waals surface area contributed by atoms with E-state index in [0.717, 1.165) is 39.9 Å². The molecule has 1 fully saturated rings. The fourth-order valence-electron chi connectivity index (χ4n) is 4.94. The van der Waals surface area contributed by atoms with E-state index in [-0.39, 0.29) is 17.4 Å². The number of hydrogen-bond donors (Lipinski definition) is 1. The Kier molecular flexibility index (Phi) is 5.24. The van der Waals surface area contributed by atoms with Gasteiger partial charge in [0.05, 0.1) is 21.7 Å². The first-order valence-corrected chi connectivity index (χ1v) is 11.4. The maximum Gasteiger partial charge on any atom is 0.252 e. The Hall–Kier alpha value is -2.20. The molecule has 1 amide bonds. The summed E-state index contributed by atoms with van der Waals surface area (Å²) in [5.74, 6) is 0.651. The summed E-state index contributed by atoms with van der Waals surface area (Å²) in [5, 5.41) is 6.34. The monoisotopic (exact) mass is 406 g/mol. The molecule has 1 saturated carbocycles. The first-order valence-electron chi connectivity index (χ1n) is 10.5. The molecule has 0 saturated heterocycles. The number of hydrogen-bond acceptors (Lipinski definition) is 3. The van der Waals surface area contributed by atoms with E-state index in [0.29, 0.717) is 5.92 Å². The molecule has 152 valence electrons. The molecule has 2 heterocycles. The van der Waals surface area contributed by atoms with Gasteiger partial charge in [0.25, 0.3) is 5.91 Å². The van der Waals surface area contributed by atoms with Crippen molar-refractivity contribution < 1.29 is 4.79 Å². The minimum absolute atomic E-state index is 0.0216. The number of benzene rings is 1. The Bertz CT molecular complexity index is 1050. The maximum absolute atomic E-state index is 13.4. The summed E-state index contributed by atoms with van der Waals surface area (Å²) < 4.78 is 0. The molecule has 2 atom stereocenters. The molecule has 4 rings (SSSR count). The molecule has 29 heavy (non-hydrogen) atoms. The minimum Gasteiger partial charge on any atom is -0.349 e. The lowest BCUT2D eigenvalue weighted by Crippen LogP contribution is -2.43. The Morgan fingerprint density at radius 2 is 1.93 bits per heavy atom. The average molecular weight is 407 g/mol. The number of thiophene rings is 1. The van der Waals surface area contributed by atoms with Gasteiger partial charge in [0.2, 0.25) is 0 Å². The number of nitrogens with one attached hydrogen (secondary N) is 1. The van der Waals surface area contributed by atoms with E-state index in [1.54, 1.807) is 11.3 Å². The fraction of sp³-hybridized carbons (Fsp3) is 0.440. The number of nitrogens with zero attached hydrogens (tertiary/aromatic N) is 1. The van der Waals surface area contributed by atoms with E-state index < -0.39 is 0 Å². The quantitative estimate of drug-likeness (QED) is 0.537. The van der Waals surface area contributed by atoms with Crippen molar-refractivity contribution in [2.75, 3.05) is 0 Å². The summed E-state index contributed by atoms with van der Waals surface area (Å²) in [6.07, 6.45) is 3.30. The topological polar surface area (TPSA) is 42.0 Å². The van der Waals surface area contributed by atoms with E-state index >= 15 is 0 Å². The second-order valence-corrected chi connectivity index (χ2v) is 10.5. The number of carbonyl (C=O) groups excluding carboxylic acids is 1. The minimum atomic E-state index is 0.0216. The summed E-state index contributed by atoms with van der Waals surface area (Å²) in [5.41, 5.74) is 5.15. The molecular weight excluding hydrogens is 376 g/mol. The van der Waals surface area contributed by atoms with Crippen LogP contribution >= 0.6 is 11.3 Å². The fourth-order valence-corrected chi connectivity index (χ4v) is 5.63. The second kappa shape index (κ2) is 7.56. The first-order chi connectivity index (χ1) is 13.7. The van der Waals surface area contributed by atoms with Crippen molar-refractivity contribution in [3.63, 3.8) is 0 Å². The number of aryl methyl sites for hydroxylation is 2. The van der Waals surface area contributed by atoms with Gasteiger partial charge in [0, 0.05) is 11.4 Å². The lowest BCUT2D eigenvalue weighted by molar-refractivity contribution is 0.0876. The molecule has 0 aliphatic heterocycles. The molecule has 0 spiro atoms. The number of aromatic nitrogens is 1. The summed E-state index contributed by atoms with van der Waals surface area (Å²) >= 11 is 1.65. The molecule has 3 aromatic rings. The number of amides is 1. The lowest BCUT2D eigenvalue weighted by Gasteiger charge is -2.39. The Labute approximate surface area is 177 Å². The number of rotatable bonds is 3. The molecule has 0 bridgehead atoms. The first kappa shape index (κ1) is 20.1. The van der Waals surface area contributed by atoms with E-state index in [2.05, 4.69) is 58.1 Å². The van der Waals surface area contributed by atoms with Gasteiger partial charge in [0.1, 0.15) is 0 Å². The number of pyridine rings is 1. The van der Waals surface area contributed by atoms with Crippen LogP contribution in [0.5, 0.6) is 0 Å². The highest BCUT2D eigenvalue weighted by atomic mass is 32.1. The third-order valence-electron chi connectivity index (χ3n) is 6.16. The van der Waals surface area contributed by atoms with E-state index in [1.807, 2.05) is 17.5 Å². The predicted molar refractivity (Wildman–Crippen MR) is 123 cm³/mol. The van der Waals surface area contributed by atoms with Crippen LogP contribution in [0.25, 0.3) is 21.5 Å². The van der Waals surface area contributed by atoms with Crippen LogP contribution in [0.2, 0.25) is 0 Å². The lowest BCUT2D eigenvalue weighted by atomic mass is 9.70. The molecular formula is C25H30N2OS. The van der Waals surface area contributed by atoms with Gasteiger partial charge in [-0.2, -0.15) is 0 Å². The molecule has 1 aliphatic rings. The van der Waals surface area contributed by atoms with Crippen LogP contribution in [0.15, 0.2) is 35.7 Å². The Morgan fingerprint density at radius 1 is 1.17 bits per heavy atom. The molecule has 3 nitrogen and oxygen atoms in total. The normalized spacial score (nSPS) is 21.3. The molecule has 0 unspecified atom stereocenters. The van der Waals surface area contributed by atoms with Gasteiger partial charge in [-0.05, 0) is 85.2 Å². The van der Waals surface area contributed by atoms with Crippen LogP contribution in [-0.4, -0.2) is 16.9 Å².